The van der Waals surface area contributed by atoms with Crippen molar-refractivity contribution >= 4 is 54.1 Å². The monoisotopic (exact) mass is 382 g/mol. The molecule has 0 aliphatic heterocycles. The Morgan fingerprint density at radius 2 is 1.42 bits per heavy atom. The number of fused-ring (bicyclic) bond motifs is 3. The zero-order valence-corrected chi connectivity index (χ0v) is 14.4. The first-order valence-corrected chi connectivity index (χ1v) is 8.12. The van der Waals surface area contributed by atoms with Crippen LogP contribution in [0.5, 0.6) is 5.75 Å². The molecule has 0 bridgehead atoms. The van der Waals surface area contributed by atoms with E-state index in [0.29, 0.717) is 5.75 Å². The first-order valence-electron chi connectivity index (χ1n) is 6.23. The summed E-state index contributed by atoms with van der Waals surface area (Å²) in [6, 6.07) is 4.39. The van der Waals surface area contributed by atoms with Crippen LogP contribution in [0, 0.1) is 31.3 Å². The highest BCUT2D eigenvalue weighted by atomic mass is 127. The lowest BCUT2D eigenvalue weighted by Gasteiger charge is -2.05. The van der Waals surface area contributed by atoms with Crippen LogP contribution in [0.1, 0.15) is 22.3 Å². The van der Waals surface area contributed by atoms with Crippen molar-refractivity contribution in [3.63, 3.8) is 0 Å². The Bertz CT molecular complexity index is 762. The smallest absolute Gasteiger partial charge is 0.122 e. The van der Waals surface area contributed by atoms with Gasteiger partial charge in [-0.2, -0.15) is 0 Å². The van der Waals surface area contributed by atoms with E-state index < -0.39 is 0 Å². The lowest BCUT2D eigenvalue weighted by atomic mass is 10.0. The van der Waals surface area contributed by atoms with Crippen LogP contribution in [-0.2, 0) is 0 Å². The third-order valence-corrected chi connectivity index (χ3v) is 6.91. The fourth-order valence-electron chi connectivity index (χ4n) is 2.66. The lowest BCUT2D eigenvalue weighted by molar-refractivity contribution is 0.468. The predicted molar refractivity (Wildman–Crippen MR) is 92.7 cm³/mol. The normalized spacial score (nSPS) is 11.6. The topological polar surface area (TPSA) is 20.2 Å². The molecule has 1 N–H and O–H groups in total. The van der Waals surface area contributed by atoms with Gasteiger partial charge in [-0.1, -0.05) is 0 Å². The molecule has 0 spiro atoms. The van der Waals surface area contributed by atoms with E-state index >= 15 is 0 Å². The molecular weight excluding hydrogens is 367 g/mol. The van der Waals surface area contributed by atoms with E-state index in [0.717, 1.165) is 11.1 Å². The molecule has 0 aliphatic rings. The van der Waals surface area contributed by atoms with Crippen LogP contribution < -0.4 is 0 Å². The predicted octanol–water partition coefficient (Wildman–Crippen LogP) is 5.60. The average Bonchev–Trinajstić information content (AvgIpc) is 2.73. The summed E-state index contributed by atoms with van der Waals surface area (Å²) in [4.78, 5) is 0. The number of hydrogen-bond donors (Lipinski definition) is 1. The second-order valence-electron chi connectivity index (χ2n) is 5.15. The fraction of sp³-hybridized carbons (Fsp3) is 0.250. The minimum atomic E-state index is 0.433. The highest BCUT2D eigenvalue weighted by Gasteiger charge is 2.15. The van der Waals surface area contributed by atoms with E-state index in [9.17, 15) is 5.11 Å². The van der Waals surface area contributed by atoms with E-state index in [1.165, 1.54) is 34.9 Å². The minimum Gasteiger partial charge on any atom is -0.507 e. The minimum absolute atomic E-state index is 0.433. The summed E-state index contributed by atoms with van der Waals surface area (Å²) in [6.45, 7) is 8.33. The van der Waals surface area contributed by atoms with Gasteiger partial charge in [-0.25, -0.2) is 0 Å². The molecule has 2 aromatic carbocycles. The summed E-state index contributed by atoms with van der Waals surface area (Å²) >= 11 is 4.22. The molecular formula is C16H15IOS. The molecule has 0 saturated heterocycles. The molecule has 1 aromatic heterocycles. The molecule has 0 saturated carbocycles. The number of aromatic hydroxyl groups is 1. The average molecular weight is 382 g/mol. The van der Waals surface area contributed by atoms with Crippen molar-refractivity contribution < 1.29 is 5.11 Å². The molecule has 3 rings (SSSR count). The Morgan fingerprint density at radius 3 is 2.05 bits per heavy atom. The van der Waals surface area contributed by atoms with Gasteiger partial charge in [0.2, 0.25) is 0 Å². The molecule has 1 nitrogen and oxygen atoms in total. The van der Waals surface area contributed by atoms with Gasteiger partial charge in [0, 0.05) is 29.3 Å². The molecule has 98 valence electrons. The van der Waals surface area contributed by atoms with Crippen LogP contribution in [0.25, 0.3) is 20.2 Å². The van der Waals surface area contributed by atoms with Gasteiger partial charge in [0.05, 0.1) is 0 Å². The van der Waals surface area contributed by atoms with Gasteiger partial charge >= 0.3 is 0 Å². The van der Waals surface area contributed by atoms with Crippen LogP contribution in [0.3, 0.4) is 0 Å². The second kappa shape index (κ2) is 4.35. The summed E-state index contributed by atoms with van der Waals surface area (Å²) in [7, 11) is 0. The Labute approximate surface area is 130 Å². The molecule has 0 aliphatic carbocycles. The van der Waals surface area contributed by atoms with Crippen molar-refractivity contribution in [2.75, 3.05) is 0 Å². The van der Waals surface area contributed by atoms with Crippen molar-refractivity contribution in [2.24, 2.45) is 0 Å². The largest absolute Gasteiger partial charge is 0.507 e. The molecule has 0 radical (unpaired) electrons. The molecule has 0 atom stereocenters. The van der Waals surface area contributed by atoms with Crippen molar-refractivity contribution in [1.82, 2.24) is 0 Å². The molecule has 0 fully saturated rings. The molecule has 19 heavy (non-hydrogen) atoms. The van der Waals surface area contributed by atoms with Crippen LogP contribution in [0.4, 0.5) is 0 Å². The molecule has 0 amide bonds. The van der Waals surface area contributed by atoms with Gasteiger partial charge in [-0.3, -0.25) is 0 Å². The highest BCUT2D eigenvalue weighted by Crippen LogP contribution is 2.43. The zero-order chi connectivity index (χ0) is 13.9. The van der Waals surface area contributed by atoms with E-state index in [1.807, 2.05) is 13.8 Å². The third-order valence-electron chi connectivity index (χ3n) is 3.79. The zero-order valence-electron chi connectivity index (χ0n) is 11.4. The quantitative estimate of drug-likeness (QED) is 0.502. The van der Waals surface area contributed by atoms with Gasteiger partial charge in [-0.15, -0.1) is 11.3 Å². The van der Waals surface area contributed by atoms with E-state index in [2.05, 4.69) is 48.6 Å². The van der Waals surface area contributed by atoms with Crippen molar-refractivity contribution in [3.05, 3.63) is 38.0 Å². The van der Waals surface area contributed by atoms with Crippen molar-refractivity contribution in [1.29, 1.82) is 0 Å². The number of halogens is 1. The van der Waals surface area contributed by atoms with Gasteiger partial charge in [0.25, 0.3) is 0 Å². The van der Waals surface area contributed by atoms with Crippen LogP contribution in [0.2, 0.25) is 0 Å². The van der Waals surface area contributed by atoms with E-state index in [-0.39, 0.29) is 0 Å². The van der Waals surface area contributed by atoms with Crippen LogP contribution in [0.15, 0.2) is 12.1 Å². The molecule has 0 unspecified atom stereocenters. The maximum absolute atomic E-state index is 10.1. The Balaban J connectivity index is 2.61. The number of thiophene rings is 1. The van der Waals surface area contributed by atoms with Crippen LogP contribution >= 0.6 is 33.9 Å². The van der Waals surface area contributed by atoms with Gasteiger partial charge in [0.1, 0.15) is 5.75 Å². The Kier molecular flexibility index (Phi) is 3.02. The number of hydrogen-bond acceptors (Lipinski definition) is 2. The molecule has 1 heterocycles. The van der Waals surface area contributed by atoms with Crippen molar-refractivity contribution in [2.45, 2.75) is 27.7 Å². The maximum Gasteiger partial charge on any atom is 0.122 e. The van der Waals surface area contributed by atoms with Crippen molar-refractivity contribution in [3.8, 4) is 5.75 Å². The number of rotatable bonds is 0. The lowest BCUT2D eigenvalue weighted by Crippen LogP contribution is -1.85. The first kappa shape index (κ1) is 13.2. The van der Waals surface area contributed by atoms with Crippen LogP contribution in [-0.4, -0.2) is 5.11 Å². The Morgan fingerprint density at radius 1 is 0.895 bits per heavy atom. The van der Waals surface area contributed by atoms with Gasteiger partial charge < -0.3 is 5.11 Å². The summed E-state index contributed by atoms with van der Waals surface area (Å²) < 4.78 is 3.90. The third kappa shape index (κ3) is 1.78. The first-order chi connectivity index (χ1) is 8.91. The summed E-state index contributed by atoms with van der Waals surface area (Å²) in [5, 5.41) is 12.7. The summed E-state index contributed by atoms with van der Waals surface area (Å²) in [5.41, 5.74) is 4.64. The van der Waals surface area contributed by atoms with Gasteiger partial charge in [-0.05, 0) is 79.1 Å². The summed E-state index contributed by atoms with van der Waals surface area (Å²) in [6.07, 6.45) is 0. The SMILES string of the molecule is Cc1cc2c(sc3c(C)c(I)c(C)cc32)c(C)c1O. The standard InChI is InChI=1S/C16H15IOS/c1-7-5-11-12-6-8(2)14(18)10(4)16(12)19-15(11)9(3)13(7)17/h5-6,18H,1-4H3. The molecule has 3 heteroatoms. The Hall–Kier alpha value is -0.810. The second-order valence-corrected chi connectivity index (χ2v) is 7.25. The van der Waals surface area contributed by atoms with E-state index in [4.69, 9.17) is 0 Å². The maximum atomic E-state index is 10.1. The highest BCUT2D eigenvalue weighted by molar-refractivity contribution is 14.1. The van der Waals surface area contributed by atoms with E-state index in [1.54, 1.807) is 11.3 Å². The number of benzene rings is 2. The fourth-order valence-corrected chi connectivity index (χ4v) is 4.54. The number of aryl methyl sites for hydroxylation is 4. The van der Waals surface area contributed by atoms with Gasteiger partial charge in [0.15, 0.2) is 0 Å². The number of phenolic OH excluding ortho intramolecular Hbond substituents is 1. The summed E-state index contributed by atoms with van der Waals surface area (Å²) in [5.74, 6) is 0.433. The molecule has 3 aromatic rings. The number of phenols is 1.